The number of carbonyl (C=O) groups excluding carboxylic acids is 1. The van der Waals surface area contributed by atoms with Crippen molar-refractivity contribution in [2.24, 2.45) is 0 Å². The van der Waals surface area contributed by atoms with Crippen molar-refractivity contribution in [3.63, 3.8) is 0 Å². The monoisotopic (exact) mass is 244 g/mol. The Balaban J connectivity index is 2.04. The number of cyclic esters (lactones) is 1. The second-order valence-corrected chi connectivity index (χ2v) is 6.09. The van der Waals surface area contributed by atoms with Crippen molar-refractivity contribution in [1.29, 1.82) is 0 Å². The zero-order valence-electron chi connectivity index (χ0n) is 11.0. The molecule has 0 radical (unpaired) electrons. The second-order valence-electron chi connectivity index (χ2n) is 6.09. The zero-order valence-corrected chi connectivity index (χ0v) is 11.0. The average Bonchev–Trinajstić information content (AvgIpc) is 2.92. The molecule has 0 bridgehead atoms. The molecular formula is C12H20O5. The molecule has 5 nitrogen and oxygen atoms in total. The number of hydrogen-bond acceptors (Lipinski definition) is 5. The SMILES string of the molecule is CC(C)(C)OC(OC1(C)COC1=O)C1(C)CO1. The van der Waals surface area contributed by atoms with Crippen LogP contribution in [-0.2, 0) is 23.7 Å². The third-order valence-corrected chi connectivity index (χ3v) is 2.84. The number of ether oxygens (including phenoxy) is 4. The van der Waals surface area contributed by atoms with Gasteiger partial charge in [-0.1, -0.05) is 0 Å². The highest BCUT2D eigenvalue weighted by Gasteiger charge is 2.56. The van der Waals surface area contributed by atoms with Gasteiger partial charge in [0, 0.05) is 0 Å². The number of carbonyl (C=O) groups is 1. The predicted molar refractivity (Wildman–Crippen MR) is 59.4 cm³/mol. The molecule has 0 amide bonds. The third-order valence-electron chi connectivity index (χ3n) is 2.84. The van der Waals surface area contributed by atoms with Crippen LogP contribution in [0.1, 0.15) is 34.6 Å². The molecule has 2 aliphatic rings. The molecule has 3 unspecified atom stereocenters. The minimum absolute atomic E-state index is 0.270. The normalized spacial score (nSPS) is 38.3. The van der Waals surface area contributed by atoms with Crippen LogP contribution in [0.15, 0.2) is 0 Å². The number of esters is 1. The van der Waals surface area contributed by atoms with Crippen LogP contribution in [-0.4, -0.2) is 42.3 Å². The summed E-state index contributed by atoms with van der Waals surface area (Å²) in [6, 6.07) is 0. The highest BCUT2D eigenvalue weighted by molar-refractivity contribution is 5.84. The Kier molecular flexibility index (Phi) is 2.76. The van der Waals surface area contributed by atoms with Crippen molar-refractivity contribution in [2.75, 3.05) is 13.2 Å². The summed E-state index contributed by atoms with van der Waals surface area (Å²) in [6.07, 6.45) is -0.555. The summed E-state index contributed by atoms with van der Waals surface area (Å²) in [5.41, 5.74) is -1.71. The minimum Gasteiger partial charge on any atom is -0.460 e. The molecular weight excluding hydrogens is 224 g/mol. The number of epoxide rings is 1. The summed E-state index contributed by atoms with van der Waals surface area (Å²) in [7, 11) is 0. The lowest BCUT2D eigenvalue weighted by Gasteiger charge is -2.40. The Morgan fingerprint density at radius 2 is 1.88 bits per heavy atom. The topological polar surface area (TPSA) is 57.3 Å². The Bertz CT molecular complexity index is 328. The van der Waals surface area contributed by atoms with Gasteiger partial charge in [0.2, 0.25) is 0 Å². The molecule has 3 atom stereocenters. The van der Waals surface area contributed by atoms with Gasteiger partial charge in [0.25, 0.3) is 0 Å². The first-order chi connectivity index (χ1) is 7.65. The summed E-state index contributed by atoms with van der Waals surface area (Å²) in [6.45, 7) is 10.3. The number of rotatable bonds is 4. The van der Waals surface area contributed by atoms with Crippen molar-refractivity contribution in [1.82, 2.24) is 0 Å². The summed E-state index contributed by atoms with van der Waals surface area (Å²) >= 11 is 0. The van der Waals surface area contributed by atoms with Crippen molar-refractivity contribution in [3.8, 4) is 0 Å². The molecule has 0 spiro atoms. The molecule has 0 aromatic rings. The molecule has 2 fully saturated rings. The lowest BCUT2D eigenvalue weighted by Crippen LogP contribution is -2.58. The van der Waals surface area contributed by atoms with Gasteiger partial charge in [0.1, 0.15) is 12.2 Å². The van der Waals surface area contributed by atoms with Gasteiger partial charge in [-0.3, -0.25) is 0 Å². The Labute approximate surface area is 101 Å². The number of hydrogen-bond donors (Lipinski definition) is 0. The summed E-state index contributed by atoms with van der Waals surface area (Å²) in [5, 5.41) is 0. The van der Waals surface area contributed by atoms with Crippen LogP contribution in [0.3, 0.4) is 0 Å². The Morgan fingerprint density at radius 1 is 1.29 bits per heavy atom. The van der Waals surface area contributed by atoms with E-state index < -0.39 is 17.5 Å². The standard InChI is InChI=1S/C12H20O5/c1-10(2,3)16-9(12(5)7-15-12)17-11(4)6-14-8(11)13/h9H,6-7H2,1-5H3. The van der Waals surface area contributed by atoms with Crippen LogP contribution in [0.4, 0.5) is 0 Å². The molecule has 0 aliphatic carbocycles. The maximum Gasteiger partial charge on any atom is 0.341 e. The molecule has 2 aliphatic heterocycles. The van der Waals surface area contributed by atoms with E-state index in [2.05, 4.69) is 0 Å². The van der Waals surface area contributed by atoms with E-state index in [-0.39, 0.29) is 18.2 Å². The molecule has 17 heavy (non-hydrogen) atoms. The second kappa shape index (κ2) is 3.67. The first-order valence-electron chi connectivity index (χ1n) is 5.82. The van der Waals surface area contributed by atoms with Gasteiger partial charge < -0.3 is 18.9 Å². The average molecular weight is 244 g/mol. The highest BCUT2D eigenvalue weighted by Crippen LogP contribution is 2.38. The molecule has 0 aromatic heterocycles. The van der Waals surface area contributed by atoms with Gasteiger partial charge in [-0.25, -0.2) is 4.79 Å². The van der Waals surface area contributed by atoms with E-state index in [0.717, 1.165) is 0 Å². The van der Waals surface area contributed by atoms with Gasteiger partial charge >= 0.3 is 5.97 Å². The summed E-state index contributed by atoms with van der Waals surface area (Å²) in [4.78, 5) is 11.4. The van der Waals surface area contributed by atoms with Gasteiger partial charge in [-0.05, 0) is 34.6 Å². The van der Waals surface area contributed by atoms with Gasteiger partial charge in [0.05, 0.1) is 12.2 Å². The quantitative estimate of drug-likeness (QED) is 0.423. The van der Waals surface area contributed by atoms with E-state index in [1.54, 1.807) is 6.92 Å². The van der Waals surface area contributed by atoms with Crippen molar-refractivity contribution in [3.05, 3.63) is 0 Å². The van der Waals surface area contributed by atoms with Crippen LogP contribution in [0, 0.1) is 0 Å². The van der Waals surface area contributed by atoms with E-state index in [1.807, 2.05) is 27.7 Å². The van der Waals surface area contributed by atoms with E-state index in [0.29, 0.717) is 6.61 Å². The fourth-order valence-electron chi connectivity index (χ4n) is 1.50. The third kappa shape index (κ3) is 2.61. The van der Waals surface area contributed by atoms with E-state index in [1.165, 1.54) is 0 Å². The van der Waals surface area contributed by atoms with E-state index in [9.17, 15) is 4.79 Å². The van der Waals surface area contributed by atoms with Crippen LogP contribution < -0.4 is 0 Å². The Morgan fingerprint density at radius 3 is 2.18 bits per heavy atom. The Hall–Kier alpha value is -0.650. The maximum atomic E-state index is 11.4. The summed E-state index contributed by atoms with van der Waals surface area (Å²) < 4.78 is 21.7. The molecule has 2 saturated heterocycles. The van der Waals surface area contributed by atoms with Crippen LogP contribution in [0.25, 0.3) is 0 Å². The van der Waals surface area contributed by atoms with Crippen LogP contribution in [0.2, 0.25) is 0 Å². The first kappa shape index (κ1) is 12.8. The molecule has 5 heteroatoms. The van der Waals surface area contributed by atoms with Crippen molar-refractivity contribution >= 4 is 5.97 Å². The molecule has 98 valence electrons. The lowest BCUT2D eigenvalue weighted by molar-refractivity contribution is -0.291. The maximum absolute atomic E-state index is 11.4. The van der Waals surface area contributed by atoms with Gasteiger partial charge in [0.15, 0.2) is 11.9 Å². The first-order valence-corrected chi connectivity index (χ1v) is 5.82. The van der Waals surface area contributed by atoms with Gasteiger partial charge in [-0.2, -0.15) is 0 Å². The zero-order chi connectivity index (χ0) is 12.9. The largest absolute Gasteiger partial charge is 0.460 e. The van der Waals surface area contributed by atoms with Gasteiger partial charge in [-0.15, -0.1) is 0 Å². The van der Waals surface area contributed by atoms with Crippen LogP contribution in [0.5, 0.6) is 0 Å². The summed E-state index contributed by atoms with van der Waals surface area (Å²) in [5.74, 6) is -0.343. The molecule has 0 saturated carbocycles. The fraction of sp³-hybridized carbons (Fsp3) is 0.917. The molecule has 2 heterocycles. The van der Waals surface area contributed by atoms with Crippen LogP contribution >= 0.6 is 0 Å². The smallest absolute Gasteiger partial charge is 0.341 e. The molecule has 0 N–H and O–H groups in total. The van der Waals surface area contributed by atoms with E-state index in [4.69, 9.17) is 18.9 Å². The molecule has 0 aromatic carbocycles. The fourth-order valence-corrected chi connectivity index (χ4v) is 1.50. The van der Waals surface area contributed by atoms with E-state index >= 15 is 0 Å². The highest BCUT2D eigenvalue weighted by atomic mass is 16.8. The van der Waals surface area contributed by atoms with Crippen molar-refractivity contribution < 1.29 is 23.7 Å². The molecule has 2 rings (SSSR count). The minimum atomic E-state index is -0.898. The predicted octanol–water partition coefficient (Wildman–Crippen LogP) is 1.25. The van der Waals surface area contributed by atoms with Crippen molar-refractivity contribution in [2.45, 2.75) is 57.7 Å². The lowest BCUT2D eigenvalue weighted by atomic mass is 10.0.